The van der Waals surface area contributed by atoms with Crippen LogP contribution in [0.2, 0.25) is 0 Å². The molecule has 0 unspecified atom stereocenters. The van der Waals surface area contributed by atoms with E-state index in [1.807, 2.05) is 10.3 Å². The summed E-state index contributed by atoms with van der Waals surface area (Å²) in [5.74, 6) is -2.13. The number of carbonyl (C=O) groups is 2. The summed E-state index contributed by atoms with van der Waals surface area (Å²) in [7, 11) is -4.23. The van der Waals surface area contributed by atoms with Crippen LogP contribution in [0.3, 0.4) is 0 Å². The van der Waals surface area contributed by atoms with Gasteiger partial charge in [0.05, 0.1) is 15.4 Å². The number of nitro benzene ring substituents is 1. The first-order chi connectivity index (χ1) is 12.1. The Morgan fingerprint density at radius 1 is 1.08 bits per heavy atom. The number of aryl methyl sites for hydroxylation is 1. The first kappa shape index (κ1) is 19.0. The lowest BCUT2D eigenvalue weighted by Gasteiger charge is -2.11. The van der Waals surface area contributed by atoms with Crippen molar-refractivity contribution in [3.8, 4) is 0 Å². The highest BCUT2D eigenvalue weighted by molar-refractivity contribution is 7.89. The zero-order valence-electron chi connectivity index (χ0n) is 13.3. The van der Waals surface area contributed by atoms with Gasteiger partial charge in [-0.15, -0.1) is 4.83 Å². The second-order valence-corrected chi connectivity index (χ2v) is 6.80. The van der Waals surface area contributed by atoms with Crippen LogP contribution in [-0.2, 0) is 10.0 Å². The summed E-state index contributed by atoms with van der Waals surface area (Å²) in [4.78, 5) is 34.4. The lowest BCUT2D eigenvalue weighted by molar-refractivity contribution is -0.384. The second kappa shape index (κ2) is 7.29. The van der Waals surface area contributed by atoms with Gasteiger partial charge < -0.3 is 5.11 Å². The largest absolute Gasteiger partial charge is 0.478 e. The van der Waals surface area contributed by atoms with Crippen LogP contribution >= 0.6 is 0 Å². The summed E-state index contributed by atoms with van der Waals surface area (Å²) in [5, 5.41) is 19.5. The van der Waals surface area contributed by atoms with Gasteiger partial charge in [0.15, 0.2) is 0 Å². The predicted octanol–water partition coefficient (Wildman–Crippen LogP) is 1.22. The number of hydrogen-bond donors (Lipinski definition) is 3. The number of aromatic carboxylic acids is 1. The average Bonchev–Trinajstić information content (AvgIpc) is 2.59. The number of sulfonamides is 1. The topological polar surface area (TPSA) is 156 Å². The third-order valence-electron chi connectivity index (χ3n) is 3.36. The van der Waals surface area contributed by atoms with Crippen molar-refractivity contribution in [2.24, 2.45) is 0 Å². The molecule has 26 heavy (non-hydrogen) atoms. The molecule has 2 aromatic carbocycles. The van der Waals surface area contributed by atoms with E-state index < -0.39 is 26.8 Å². The van der Waals surface area contributed by atoms with Gasteiger partial charge in [0.25, 0.3) is 21.6 Å². The summed E-state index contributed by atoms with van der Waals surface area (Å²) < 4.78 is 24.6. The highest BCUT2D eigenvalue weighted by Crippen LogP contribution is 2.17. The van der Waals surface area contributed by atoms with E-state index >= 15 is 0 Å². The number of benzene rings is 2. The molecule has 0 aliphatic rings. The SMILES string of the molecule is Cc1ccc(C(=O)O)cc1S(=O)(=O)NNC(=O)c1ccc([N+](=O)[O-])cc1. The second-order valence-electron chi connectivity index (χ2n) is 5.15. The summed E-state index contributed by atoms with van der Waals surface area (Å²) in [6.07, 6.45) is 0. The smallest absolute Gasteiger partial charge is 0.335 e. The van der Waals surface area contributed by atoms with Crippen molar-refractivity contribution in [2.75, 3.05) is 0 Å². The van der Waals surface area contributed by atoms with Crippen LogP contribution in [-0.4, -0.2) is 30.3 Å². The van der Waals surface area contributed by atoms with Crippen LogP contribution in [0, 0.1) is 17.0 Å². The van der Waals surface area contributed by atoms with E-state index in [2.05, 4.69) is 0 Å². The van der Waals surface area contributed by atoms with Crippen molar-refractivity contribution in [3.63, 3.8) is 0 Å². The Morgan fingerprint density at radius 2 is 1.65 bits per heavy atom. The van der Waals surface area contributed by atoms with Crippen molar-refractivity contribution in [1.82, 2.24) is 10.3 Å². The molecule has 136 valence electrons. The van der Waals surface area contributed by atoms with Gasteiger partial charge in [0, 0.05) is 17.7 Å². The predicted molar refractivity (Wildman–Crippen MR) is 89.0 cm³/mol. The maximum atomic E-state index is 12.3. The first-order valence-corrected chi connectivity index (χ1v) is 8.50. The van der Waals surface area contributed by atoms with Gasteiger partial charge in [-0.1, -0.05) is 6.07 Å². The van der Waals surface area contributed by atoms with Gasteiger partial charge in [-0.25, -0.2) is 13.2 Å². The van der Waals surface area contributed by atoms with E-state index in [1.54, 1.807) is 0 Å². The Balaban J connectivity index is 2.17. The number of carboxylic acid groups (broad SMARTS) is 1. The van der Waals surface area contributed by atoms with E-state index in [4.69, 9.17) is 5.11 Å². The van der Waals surface area contributed by atoms with E-state index in [-0.39, 0.29) is 27.3 Å². The molecule has 0 aliphatic heterocycles. The summed E-state index contributed by atoms with van der Waals surface area (Å²) in [5.41, 5.74) is 1.80. The van der Waals surface area contributed by atoms with E-state index in [1.165, 1.54) is 19.1 Å². The number of rotatable bonds is 6. The third kappa shape index (κ3) is 4.20. The standard InChI is InChI=1S/C15H13N3O7S/c1-9-2-3-11(15(20)21)8-13(9)26(24,25)17-16-14(19)10-4-6-12(7-5-10)18(22)23/h2-8,17H,1H3,(H,16,19)(H,20,21). The highest BCUT2D eigenvalue weighted by atomic mass is 32.2. The molecule has 11 heteroatoms. The van der Waals surface area contributed by atoms with E-state index in [0.717, 1.165) is 30.3 Å². The van der Waals surface area contributed by atoms with Crippen LogP contribution in [0.15, 0.2) is 47.4 Å². The van der Waals surface area contributed by atoms with Crippen LogP contribution in [0.4, 0.5) is 5.69 Å². The average molecular weight is 379 g/mol. The van der Waals surface area contributed by atoms with Crippen LogP contribution in [0.5, 0.6) is 0 Å². The summed E-state index contributed by atoms with van der Waals surface area (Å²) >= 11 is 0. The molecular weight excluding hydrogens is 366 g/mol. The Morgan fingerprint density at radius 3 is 2.19 bits per heavy atom. The number of hydrazine groups is 1. The molecule has 0 aliphatic carbocycles. The minimum absolute atomic E-state index is 0.00527. The molecule has 0 heterocycles. The number of hydrogen-bond acceptors (Lipinski definition) is 6. The summed E-state index contributed by atoms with van der Waals surface area (Å²) in [6.45, 7) is 1.47. The molecule has 10 nitrogen and oxygen atoms in total. The maximum Gasteiger partial charge on any atom is 0.335 e. The molecule has 0 bridgehead atoms. The number of non-ortho nitro benzene ring substituents is 1. The molecule has 0 spiro atoms. The number of amides is 1. The Labute approximate surface area is 147 Å². The fourth-order valence-electron chi connectivity index (χ4n) is 2.00. The number of carbonyl (C=O) groups excluding carboxylic acids is 1. The van der Waals surface area contributed by atoms with Crippen molar-refractivity contribution in [1.29, 1.82) is 0 Å². The van der Waals surface area contributed by atoms with Gasteiger partial charge in [-0.05, 0) is 36.8 Å². The minimum Gasteiger partial charge on any atom is -0.478 e. The maximum absolute atomic E-state index is 12.3. The molecule has 2 aromatic rings. The molecule has 0 saturated carbocycles. The monoisotopic (exact) mass is 379 g/mol. The molecule has 2 rings (SSSR count). The molecule has 0 saturated heterocycles. The van der Waals surface area contributed by atoms with Crippen molar-refractivity contribution >= 4 is 27.6 Å². The summed E-state index contributed by atoms with van der Waals surface area (Å²) in [6, 6.07) is 8.09. The normalized spacial score (nSPS) is 11.0. The van der Waals surface area contributed by atoms with E-state index in [0.29, 0.717) is 0 Å². The van der Waals surface area contributed by atoms with Crippen LogP contribution in [0.25, 0.3) is 0 Å². The van der Waals surface area contributed by atoms with E-state index in [9.17, 15) is 28.1 Å². The number of carboxylic acids is 1. The van der Waals surface area contributed by atoms with Crippen molar-refractivity contribution in [3.05, 3.63) is 69.3 Å². The Kier molecular flexibility index (Phi) is 5.33. The number of nitrogens with one attached hydrogen (secondary N) is 2. The quantitative estimate of drug-likeness (QED) is 0.503. The fraction of sp³-hybridized carbons (Fsp3) is 0.0667. The zero-order valence-corrected chi connectivity index (χ0v) is 14.1. The lowest BCUT2D eigenvalue weighted by atomic mass is 10.1. The fourth-order valence-corrected chi connectivity index (χ4v) is 3.11. The molecular formula is C15H13N3O7S. The van der Waals surface area contributed by atoms with Crippen LogP contribution in [0.1, 0.15) is 26.3 Å². The van der Waals surface area contributed by atoms with Crippen LogP contribution < -0.4 is 10.3 Å². The van der Waals surface area contributed by atoms with Gasteiger partial charge in [-0.2, -0.15) is 0 Å². The molecule has 0 fully saturated rings. The van der Waals surface area contributed by atoms with Gasteiger partial charge >= 0.3 is 5.97 Å². The molecule has 0 atom stereocenters. The molecule has 0 aromatic heterocycles. The van der Waals surface area contributed by atoms with Crippen molar-refractivity contribution in [2.45, 2.75) is 11.8 Å². The van der Waals surface area contributed by atoms with Crippen molar-refractivity contribution < 1.29 is 28.0 Å². The van der Waals surface area contributed by atoms with Gasteiger partial charge in [0.2, 0.25) is 0 Å². The number of nitrogens with zero attached hydrogens (tertiary/aromatic N) is 1. The van der Waals surface area contributed by atoms with Gasteiger partial charge in [-0.3, -0.25) is 20.3 Å². The molecule has 3 N–H and O–H groups in total. The highest BCUT2D eigenvalue weighted by Gasteiger charge is 2.20. The lowest BCUT2D eigenvalue weighted by Crippen LogP contribution is -2.41. The Hall–Kier alpha value is -3.31. The zero-order chi connectivity index (χ0) is 19.5. The minimum atomic E-state index is -4.23. The number of nitro groups is 1. The Bertz CT molecular complexity index is 985. The van der Waals surface area contributed by atoms with Gasteiger partial charge in [0.1, 0.15) is 0 Å². The molecule has 1 amide bonds. The molecule has 0 radical (unpaired) electrons. The third-order valence-corrected chi connectivity index (χ3v) is 4.75. The first-order valence-electron chi connectivity index (χ1n) is 7.02.